The maximum atomic E-state index is 12.2. The first-order chi connectivity index (χ1) is 7.89. The molecule has 2 atom stereocenters. The van der Waals surface area contributed by atoms with E-state index < -0.39 is 18.4 Å². The number of furan rings is 1. The Morgan fingerprint density at radius 1 is 1.41 bits per heavy atom. The van der Waals surface area contributed by atoms with Crippen molar-refractivity contribution < 1.29 is 22.3 Å². The van der Waals surface area contributed by atoms with E-state index >= 15 is 0 Å². The normalized spacial score (nSPS) is 15.8. The van der Waals surface area contributed by atoms with E-state index in [0.29, 0.717) is 13.1 Å². The molecule has 1 heterocycles. The summed E-state index contributed by atoms with van der Waals surface area (Å²) in [5.74, 6) is 0.737. The minimum absolute atomic E-state index is 0.334. The number of hydrogen-bond donors (Lipinski definition) is 1. The predicted octanol–water partition coefficient (Wildman–Crippen LogP) is 2.73. The standard InChI is InChI=1S/C11H16F3NO2/c1-8(17-9(2)11(12,13)14)6-15-7-10-4-3-5-16-10/h3-5,8-9,15H,6-7H2,1-2H3. The number of alkyl halides is 3. The maximum absolute atomic E-state index is 12.2. The van der Waals surface area contributed by atoms with Crippen molar-refractivity contribution in [3.8, 4) is 0 Å². The minimum atomic E-state index is -4.31. The Bertz CT molecular complexity index is 311. The summed E-state index contributed by atoms with van der Waals surface area (Å²) in [6.07, 6.45) is -5.03. The molecule has 1 rings (SSSR count). The van der Waals surface area contributed by atoms with Crippen molar-refractivity contribution in [2.75, 3.05) is 6.54 Å². The molecule has 0 saturated carbocycles. The van der Waals surface area contributed by atoms with Gasteiger partial charge < -0.3 is 14.5 Å². The van der Waals surface area contributed by atoms with Crippen LogP contribution in [0, 0.1) is 0 Å². The smallest absolute Gasteiger partial charge is 0.414 e. The van der Waals surface area contributed by atoms with E-state index in [1.807, 2.05) is 0 Å². The largest absolute Gasteiger partial charge is 0.468 e. The second-order valence-electron chi connectivity index (χ2n) is 3.84. The lowest BCUT2D eigenvalue weighted by atomic mass is 10.3. The number of halogens is 3. The van der Waals surface area contributed by atoms with Gasteiger partial charge in [0.2, 0.25) is 0 Å². The van der Waals surface area contributed by atoms with E-state index in [1.165, 1.54) is 0 Å². The summed E-state index contributed by atoms with van der Waals surface area (Å²) >= 11 is 0. The van der Waals surface area contributed by atoms with Gasteiger partial charge in [-0.25, -0.2) is 0 Å². The van der Waals surface area contributed by atoms with Gasteiger partial charge in [0.25, 0.3) is 0 Å². The molecule has 17 heavy (non-hydrogen) atoms. The van der Waals surface area contributed by atoms with Crippen molar-refractivity contribution in [3.63, 3.8) is 0 Å². The molecule has 3 nitrogen and oxygen atoms in total. The van der Waals surface area contributed by atoms with Crippen LogP contribution in [0.1, 0.15) is 19.6 Å². The molecule has 0 bridgehead atoms. The van der Waals surface area contributed by atoms with Crippen LogP contribution in [0.15, 0.2) is 22.8 Å². The van der Waals surface area contributed by atoms with Gasteiger partial charge in [0.15, 0.2) is 6.10 Å². The minimum Gasteiger partial charge on any atom is -0.468 e. The van der Waals surface area contributed by atoms with E-state index in [0.717, 1.165) is 12.7 Å². The average molecular weight is 251 g/mol. The van der Waals surface area contributed by atoms with E-state index in [2.05, 4.69) is 5.32 Å². The Morgan fingerprint density at radius 2 is 2.12 bits per heavy atom. The molecule has 98 valence electrons. The van der Waals surface area contributed by atoms with Crippen LogP contribution in [-0.2, 0) is 11.3 Å². The van der Waals surface area contributed by atoms with Crippen LogP contribution in [0.3, 0.4) is 0 Å². The zero-order valence-electron chi connectivity index (χ0n) is 9.75. The SMILES string of the molecule is CC(CNCc1ccco1)OC(C)C(F)(F)F. The van der Waals surface area contributed by atoms with Crippen molar-refractivity contribution in [1.82, 2.24) is 5.32 Å². The average Bonchev–Trinajstić information content (AvgIpc) is 2.69. The van der Waals surface area contributed by atoms with Gasteiger partial charge in [-0.2, -0.15) is 13.2 Å². The molecule has 1 aromatic heterocycles. The van der Waals surface area contributed by atoms with Crippen molar-refractivity contribution in [2.24, 2.45) is 0 Å². The van der Waals surface area contributed by atoms with Gasteiger partial charge in [0.1, 0.15) is 5.76 Å². The quantitative estimate of drug-likeness (QED) is 0.844. The first kappa shape index (κ1) is 14.1. The lowest BCUT2D eigenvalue weighted by Crippen LogP contribution is -2.36. The fourth-order valence-corrected chi connectivity index (χ4v) is 1.29. The van der Waals surface area contributed by atoms with Gasteiger partial charge >= 0.3 is 6.18 Å². The zero-order valence-corrected chi connectivity index (χ0v) is 9.75. The fourth-order valence-electron chi connectivity index (χ4n) is 1.29. The Morgan fingerprint density at radius 3 is 2.65 bits per heavy atom. The molecular formula is C11H16F3NO2. The summed E-state index contributed by atoms with van der Waals surface area (Å²) in [4.78, 5) is 0. The highest BCUT2D eigenvalue weighted by atomic mass is 19.4. The monoisotopic (exact) mass is 251 g/mol. The van der Waals surface area contributed by atoms with Crippen molar-refractivity contribution in [3.05, 3.63) is 24.2 Å². The van der Waals surface area contributed by atoms with E-state index in [-0.39, 0.29) is 0 Å². The zero-order chi connectivity index (χ0) is 12.9. The molecule has 6 heteroatoms. The molecule has 0 amide bonds. The summed E-state index contributed by atoms with van der Waals surface area (Å²) in [6.45, 7) is 3.41. The van der Waals surface area contributed by atoms with Gasteiger partial charge in [-0.15, -0.1) is 0 Å². The topological polar surface area (TPSA) is 34.4 Å². The number of nitrogens with one attached hydrogen (secondary N) is 1. The molecule has 0 aliphatic rings. The lowest BCUT2D eigenvalue weighted by Gasteiger charge is -2.21. The number of rotatable bonds is 6. The highest BCUT2D eigenvalue weighted by molar-refractivity contribution is 4.97. The molecule has 0 fully saturated rings. The fraction of sp³-hybridized carbons (Fsp3) is 0.636. The van der Waals surface area contributed by atoms with Gasteiger partial charge in [0, 0.05) is 6.54 Å². The molecule has 0 radical (unpaired) electrons. The number of hydrogen-bond acceptors (Lipinski definition) is 3. The summed E-state index contributed by atoms with van der Waals surface area (Å²) in [6, 6.07) is 3.54. The Kier molecular flexibility index (Phi) is 5.02. The molecule has 0 aliphatic heterocycles. The molecule has 1 aromatic rings. The Balaban J connectivity index is 2.19. The summed E-state index contributed by atoms with van der Waals surface area (Å²) in [7, 11) is 0. The maximum Gasteiger partial charge on any atom is 0.414 e. The van der Waals surface area contributed by atoms with Crippen LogP contribution in [0.25, 0.3) is 0 Å². The lowest BCUT2D eigenvalue weighted by molar-refractivity contribution is -0.224. The highest BCUT2D eigenvalue weighted by Gasteiger charge is 2.37. The molecule has 2 unspecified atom stereocenters. The number of ether oxygens (including phenoxy) is 1. The van der Waals surface area contributed by atoms with Gasteiger partial charge in [-0.05, 0) is 26.0 Å². The van der Waals surface area contributed by atoms with E-state index in [9.17, 15) is 13.2 Å². The van der Waals surface area contributed by atoms with Gasteiger partial charge in [-0.1, -0.05) is 0 Å². The Hall–Kier alpha value is -1.01. The Labute approximate surface area is 97.9 Å². The second kappa shape index (κ2) is 6.07. The van der Waals surface area contributed by atoms with Gasteiger partial charge in [0.05, 0.1) is 18.9 Å². The molecule has 0 aromatic carbocycles. The van der Waals surface area contributed by atoms with Crippen LogP contribution in [0.4, 0.5) is 13.2 Å². The summed E-state index contributed by atoms with van der Waals surface area (Å²) in [5.41, 5.74) is 0. The third kappa shape index (κ3) is 5.23. The molecular weight excluding hydrogens is 235 g/mol. The first-order valence-corrected chi connectivity index (χ1v) is 5.35. The predicted molar refractivity (Wildman–Crippen MR) is 56.5 cm³/mol. The van der Waals surface area contributed by atoms with E-state index in [4.69, 9.17) is 9.15 Å². The first-order valence-electron chi connectivity index (χ1n) is 5.35. The van der Waals surface area contributed by atoms with Crippen LogP contribution in [-0.4, -0.2) is 24.9 Å². The van der Waals surface area contributed by atoms with Gasteiger partial charge in [-0.3, -0.25) is 0 Å². The summed E-state index contributed by atoms with van der Waals surface area (Å²) < 4.78 is 46.5. The molecule has 0 saturated heterocycles. The third-order valence-corrected chi connectivity index (χ3v) is 2.21. The third-order valence-electron chi connectivity index (χ3n) is 2.21. The van der Waals surface area contributed by atoms with Crippen LogP contribution < -0.4 is 5.32 Å². The van der Waals surface area contributed by atoms with Crippen molar-refractivity contribution in [1.29, 1.82) is 0 Å². The van der Waals surface area contributed by atoms with Crippen molar-refractivity contribution in [2.45, 2.75) is 38.8 Å². The second-order valence-corrected chi connectivity index (χ2v) is 3.84. The van der Waals surface area contributed by atoms with Crippen LogP contribution in [0.5, 0.6) is 0 Å². The van der Waals surface area contributed by atoms with Crippen molar-refractivity contribution >= 4 is 0 Å². The summed E-state index contributed by atoms with van der Waals surface area (Å²) in [5, 5.41) is 2.96. The van der Waals surface area contributed by atoms with Crippen LogP contribution in [0.2, 0.25) is 0 Å². The van der Waals surface area contributed by atoms with E-state index in [1.54, 1.807) is 25.3 Å². The molecule has 0 spiro atoms. The highest BCUT2D eigenvalue weighted by Crippen LogP contribution is 2.23. The molecule has 0 aliphatic carbocycles. The van der Waals surface area contributed by atoms with Crippen LogP contribution >= 0.6 is 0 Å². The molecule has 1 N–H and O–H groups in total.